The summed E-state index contributed by atoms with van der Waals surface area (Å²) in [5.74, 6) is 0. The molecule has 0 aliphatic heterocycles. The van der Waals surface area contributed by atoms with E-state index in [-0.39, 0.29) is 0 Å². The SMILES string of the molecule is Clc1ccc(Cc2c[nH]c3ncc(-c4ccsc4)cc23)cn1. The smallest absolute Gasteiger partial charge is 0.137 e. The van der Waals surface area contributed by atoms with Crippen LogP contribution in [-0.4, -0.2) is 15.0 Å². The molecule has 4 rings (SSSR count). The Kier molecular flexibility index (Phi) is 3.41. The monoisotopic (exact) mass is 325 g/mol. The maximum absolute atomic E-state index is 5.84. The van der Waals surface area contributed by atoms with Gasteiger partial charge in [-0.15, -0.1) is 0 Å². The highest BCUT2D eigenvalue weighted by molar-refractivity contribution is 7.08. The van der Waals surface area contributed by atoms with E-state index in [0.29, 0.717) is 5.15 Å². The van der Waals surface area contributed by atoms with E-state index >= 15 is 0 Å². The third kappa shape index (κ3) is 2.51. The molecule has 0 aliphatic rings. The predicted molar refractivity (Wildman–Crippen MR) is 91.5 cm³/mol. The number of rotatable bonds is 3. The van der Waals surface area contributed by atoms with Crippen LogP contribution in [0.3, 0.4) is 0 Å². The van der Waals surface area contributed by atoms with Crippen LogP contribution >= 0.6 is 22.9 Å². The van der Waals surface area contributed by atoms with E-state index in [1.54, 1.807) is 11.3 Å². The Morgan fingerprint density at radius 3 is 2.82 bits per heavy atom. The van der Waals surface area contributed by atoms with Crippen molar-refractivity contribution in [2.75, 3.05) is 0 Å². The van der Waals surface area contributed by atoms with Gasteiger partial charge in [-0.1, -0.05) is 17.7 Å². The lowest BCUT2D eigenvalue weighted by Crippen LogP contribution is -1.88. The second kappa shape index (κ2) is 5.55. The van der Waals surface area contributed by atoms with E-state index in [9.17, 15) is 0 Å². The summed E-state index contributed by atoms with van der Waals surface area (Å²) in [6, 6.07) is 8.13. The Labute approximate surface area is 136 Å². The number of pyridine rings is 2. The standard InChI is InChI=1S/C17H12ClN3S/c18-16-2-1-11(7-19-16)5-14-9-21-17-15(14)6-13(8-20-17)12-3-4-22-10-12/h1-4,6-10H,5H2,(H,20,21). The third-order valence-corrected chi connectivity index (χ3v) is 4.56. The topological polar surface area (TPSA) is 41.6 Å². The average molecular weight is 326 g/mol. The minimum absolute atomic E-state index is 0.518. The predicted octanol–water partition coefficient (Wildman–Crippen LogP) is 4.93. The molecule has 5 heteroatoms. The zero-order valence-electron chi connectivity index (χ0n) is 11.6. The number of thiophene rings is 1. The molecular formula is C17H12ClN3S. The van der Waals surface area contributed by atoms with Crippen molar-refractivity contribution in [1.82, 2.24) is 15.0 Å². The van der Waals surface area contributed by atoms with Crippen LogP contribution in [0.5, 0.6) is 0 Å². The number of hydrogen-bond acceptors (Lipinski definition) is 3. The third-order valence-electron chi connectivity index (χ3n) is 3.65. The van der Waals surface area contributed by atoms with Gasteiger partial charge >= 0.3 is 0 Å². The number of H-pyrrole nitrogens is 1. The molecule has 0 saturated heterocycles. The molecule has 108 valence electrons. The Hall–Kier alpha value is -2.17. The molecule has 4 heterocycles. The number of halogens is 1. The van der Waals surface area contributed by atoms with Crippen LogP contribution in [0, 0.1) is 0 Å². The molecule has 0 unspecified atom stereocenters. The first-order valence-electron chi connectivity index (χ1n) is 6.88. The molecule has 0 aliphatic carbocycles. The van der Waals surface area contributed by atoms with Crippen molar-refractivity contribution >= 4 is 34.0 Å². The van der Waals surface area contributed by atoms with Crippen molar-refractivity contribution in [2.45, 2.75) is 6.42 Å². The van der Waals surface area contributed by atoms with Crippen LogP contribution in [0.4, 0.5) is 0 Å². The molecule has 4 aromatic rings. The second-order valence-corrected chi connectivity index (χ2v) is 6.28. The molecule has 3 nitrogen and oxygen atoms in total. The quantitative estimate of drug-likeness (QED) is 0.542. The number of fused-ring (bicyclic) bond motifs is 1. The Morgan fingerprint density at radius 1 is 1.09 bits per heavy atom. The molecule has 0 aromatic carbocycles. The highest BCUT2D eigenvalue weighted by Crippen LogP contribution is 2.27. The van der Waals surface area contributed by atoms with Crippen LogP contribution in [0.1, 0.15) is 11.1 Å². The number of aromatic amines is 1. The first kappa shape index (κ1) is 13.5. The fourth-order valence-electron chi connectivity index (χ4n) is 2.52. The van der Waals surface area contributed by atoms with Gasteiger partial charge in [0.25, 0.3) is 0 Å². The minimum atomic E-state index is 0.518. The number of nitrogens with zero attached hydrogens (tertiary/aromatic N) is 2. The van der Waals surface area contributed by atoms with Crippen LogP contribution < -0.4 is 0 Å². The van der Waals surface area contributed by atoms with E-state index < -0.39 is 0 Å². The molecule has 0 amide bonds. The van der Waals surface area contributed by atoms with Gasteiger partial charge in [0.2, 0.25) is 0 Å². The lowest BCUT2D eigenvalue weighted by Gasteiger charge is -2.02. The maximum atomic E-state index is 5.84. The largest absolute Gasteiger partial charge is 0.346 e. The lowest BCUT2D eigenvalue weighted by atomic mass is 10.0. The van der Waals surface area contributed by atoms with E-state index in [1.807, 2.05) is 30.7 Å². The summed E-state index contributed by atoms with van der Waals surface area (Å²) in [6.45, 7) is 0. The van der Waals surface area contributed by atoms with Gasteiger partial charge in [-0.25, -0.2) is 9.97 Å². The highest BCUT2D eigenvalue weighted by Gasteiger charge is 2.08. The van der Waals surface area contributed by atoms with Gasteiger partial charge in [-0.05, 0) is 45.6 Å². The number of hydrogen-bond donors (Lipinski definition) is 1. The van der Waals surface area contributed by atoms with Gasteiger partial charge in [0.15, 0.2) is 0 Å². The summed E-state index contributed by atoms with van der Waals surface area (Å²) in [5.41, 5.74) is 5.61. The van der Waals surface area contributed by atoms with Gasteiger partial charge in [0, 0.05) is 36.0 Å². The average Bonchev–Trinajstić information content (AvgIpc) is 3.19. The van der Waals surface area contributed by atoms with Crippen LogP contribution in [-0.2, 0) is 6.42 Å². The lowest BCUT2D eigenvalue weighted by molar-refractivity contribution is 1.15. The van der Waals surface area contributed by atoms with Crippen LogP contribution in [0.15, 0.2) is 53.6 Å². The van der Waals surface area contributed by atoms with E-state index in [2.05, 4.69) is 37.8 Å². The summed E-state index contributed by atoms with van der Waals surface area (Å²) in [6.07, 6.45) is 6.55. The van der Waals surface area contributed by atoms with Gasteiger partial charge < -0.3 is 4.98 Å². The normalized spacial score (nSPS) is 11.1. The van der Waals surface area contributed by atoms with Crippen molar-refractivity contribution in [3.05, 3.63) is 69.9 Å². The van der Waals surface area contributed by atoms with Gasteiger partial charge in [-0.2, -0.15) is 11.3 Å². The summed E-state index contributed by atoms with van der Waals surface area (Å²) in [4.78, 5) is 11.9. The van der Waals surface area contributed by atoms with Crippen molar-refractivity contribution < 1.29 is 0 Å². The fourth-order valence-corrected chi connectivity index (χ4v) is 3.30. The van der Waals surface area contributed by atoms with E-state index in [1.165, 1.54) is 11.1 Å². The summed E-state index contributed by atoms with van der Waals surface area (Å²) in [7, 11) is 0. The van der Waals surface area contributed by atoms with Crippen LogP contribution in [0.2, 0.25) is 5.15 Å². The van der Waals surface area contributed by atoms with Crippen molar-refractivity contribution in [3.63, 3.8) is 0 Å². The van der Waals surface area contributed by atoms with Crippen molar-refractivity contribution in [1.29, 1.82) is 0 Å². The van der Waals surface area contributed by atoms with Crippen molar-refractivity contribution in [2.24, 2.45) is 0 Å². The van der Waals surface area contributed by atoms with E-state index in [0.717, 1.165) is 28.6 Å². The second-order valence-electron chi connectivity index (χ2n) is 5.11. The molecule has 0 fully saturated rings. The summed E-state index contributed by atoms with van der Waals surface area (Å²) < 4.78 is 0. The first-order chi connectivity index (χ1) is 10.8. The van der Waals surface area contributed by atoms with Crippen LogP contribution in [0.25, 0.3) is 22.2 Å². The summed E-state index contributed by atoms with van der Waals surface area (Å²) in [5, 5.41) is 5.89. The maximum Gasteiger partial charge on any atom is 0.137 e. The Bertz CT molecular complexity index is 911. The zero-order valence-corrected chi connectivity index (χ0v) is 13.2. The number of nitrogens with one attached hydrogen (secondary N) is 1. The zero-order chi connectivity index (χ0) is 14.9. The molecule has 0 atom stereocenters. The van der Waals surface area contributed by atoms with Gasteiger partial charge in [0.05, 0.1) is 0 Å². The highest BCUT2D eigenvalue weighted by atomic mass is 35.5. The van der Waals surface area contributed by atoms with Crippen molar-refractivity contribution in [3.8, 4) is 11.1 Å². The Balaban J connectivity index is 1.74. The molecule has 0 spiro atoms. The molecule has 1 N–H and O–H groups in total. The molecule has 0 bridgehead atoms. The molecule has 22 heavy (non-hydrogen) atoms. The summed E-state index contributed by atoms with van der Waals surface area (Å²) >= 11 is 7.53. The Morgan fingerprint density at radius 2 is 2.05 bits per heavy atom. The van der Waals surface area contributed by atoms with Gasteiger partial charge in [0.1, 0.15) is 10.8 Å². The van der Waals surface area contributed by atoms with Gasteiger partial charge in [-0.3, -0.25) is 0 Å². The fraction of sp³-hybridized carbons (Fsp3) is 0.0588. The minimum Gasteiger partial charge on any atom is -0.346 e. The molecule has 0 saturated carbocycles. The van der Waals surface area contributed by atoms with E-state index in [4.69, 9.17) is 11.6 Å². The molecule has 0 radical (unpaired) electrons. The molecule has 4 aromatic heterocycles. The first-order valence-corrected chi connectivity index (χ1v) is 8.21. The number of aromatic nitrogens is 3. The molecular weight excluding hydrogens is 314 g/mol.